The first kappa shape index (κ1) is 57.6. The van der Waals surface area contributed by atoms with Crippen molar-refractivity contribution in [1.29, 1.82) is 0 Å². The number of amides is 2. The molecular weight excluding hydrogens is 1100 g/mol. The highest BCUT2D eigenvalue weighted by Crippen LogP contribution is 2.38. The van der Waals surface area contributed by atoms with E-state index in [1.165, 1.54) is 0 Å². The van der Waals surface area contributed by atoms with Gasteiger partial charge in [0.1, 0.15) is 37.6 Å². The first-order valence-electron chi connectivity index (χ1n) is 29.2. The first-order chi connectivity index (χ1) is 41.9. The minimum atomic E-state index is -1.30. The Morgan fingerprint density at radius 3 is 1.37 bits per heavy atom. The van der Waals surface area contributed by atoms with Crippen LogP contribution in [0.2, 0.25) is 0 Å². The van der Waals surface area contributed by atoms with Crippen LogP contribution in [0.25, 0.3) is 22.3 Å². The number of aliphatic imine (C=N–C) groups is 1. The van der Waals surface area contributed by atoms with Gasteiger partial charge in [-0.25, -0.2) is 15.0 Å². The molecule has 25 nitrogen and oxygen atoms in total. The quantitative estimate of drug-likeness (QED) is 0.0380. The molecule has 2 saturated heterocycles. The number of hydrogen-bond acceptors (Lipinski definition) is 19. The summed E-state index contributed by atoms with van der Waals surface area (Å²) in [6.45, 7) is 1.42. The second kappa shape index (κ2) is 25.4. The van der Waals surface area contributed by atoms with E-state index < -0.39 is 73.6 Å². The molecule has 2 saturated carbocycles. The van der Waals surface area contributed by atoms with Crippen molar-refractivity contribution in [2.24, 2.45) is 10.7 Å². The molecular formula is C61H71N17O8. The van der Waals surface area contributed by atoms with Crippen LogP contribution in [0.1, 0.15) is 71.9 Å². The number of benzene rings is 4. The molecule has 6 heterocycles. The molecule has 13 N–H and O–H groups in total. The number of fused-ring (bicyclic) bond motifs is 2. The molecule has 8 aromatic rings. The Kier molecular flexibility index (Phi) is 17.0. The van der Waals surface area contributed by atoms with Crippen LogP contribution in [0, 0.1) is 0 Å². The number of carbonyl (C=O) groups is 2. The molecule has 4 aromatic carbocycles. The van der Waals surface area contributed by atoms with Gasteiger partial charge in [-0.15, -0.1) is 0 Å². The second-order valence-electron chi connectivity index (χ2n) is 22.6. The van der Waals surface area contributed by atoms with Gasteiger partial charge in [0.05, 0.1) is 42.9 Å². The van der Waals surface area contributed by atoms with E-state index in [1.54, 1.807) is 21.8 Å². The molecule has 10 atom stereocenters. The Balaban J connectivity index is 0.782. The van der Waals surface area contributed by atoms with Gasteiger partial charge in [0.15, 0.2) is 39.9 Å². The van der Waals surface area contributed by atoms with E-state index in [4.69, 9.17) is 40.6 Å². The van der Waals surface area contributed by atoms with Crippen LogP contribution in [0.3, 0.4) is 0 Å². The molecule has 0 unspecified atom stereocenters. The van der Waals surface area contributed by atoms with Crippen LogP contribution < -0.4 is 42.1 Å². The molecule has 2 aliphatic carbocycles. The van der Waals surface area contributed by atoms with Gasteiger partial charge in [0.25, 0.3) is 0 Å². The van der Waals surface area contributed by atoms with Crippen LogP contribution >= 0.6 is 0 Å². The number of aliphatic hydroxyl groups excluding tert-OH is 6. The fourth-order valence-corrected chi connectivity index (χ4v) is 12.7. The number of guanidine groups is 1. The topological polar surface area (TPSA) is 348 Å². The van der Waals surface area contributed by atoms with E-state index in [2.05, 4.69) is 80.0 Å². The van der Waals surface area contributed by atoms with Crippen molar-refractivity contribution >= 4 is 63.6 Å². The predicted molar refractivity (Wildman–Crippen MR) is 322 cm³/mol. The Bertz CT molecular complexity index is 3580. The average molecular weight is 1170 g/mol. The summed E-state index contributed by atoms with van der Waals surface area (Å²) < 4.78 is 3.45. The normalized spacial score (nSPS) is 24.1. The van der Waals surface area contributed by atoms with Crippen molar-refractivity contribution in [1.82, 2.24) is 55.0 Å². The maximum atomic E-state index is 12.2. The zero-order chi connectivity index (χ0) is 59.4. The molecule has 4 aromatic heterocycles. The highest BCUT2D eigenvalue weighted by molar-refractivity contribution is 5.86. The first-order valence-corrected chi connectivity index (χ1v) is 29.2. The number of imidazole rings is 2. The van der Waals surface area contributed by atoms with E-state index in [9.17, 15) is 40.2 Å². The van der Waals surface area contributed by atoms with Gasteiger partial charge >= 0.3 is 0 Å². The largest absolute Gasteiger partial charge is 0.388 e. The van der Waals surface area contributed by atoms with Gasteiger partial charge in [0, 0.05) is 57.1 Å². The second-order valence-corrected chi connectivity index (χ2v) is 22.6. The molecule has 2 amide bonds. The Morgan fingerprint density at radius 2 is 0.953 bits per heavy atom. The van der Waals surface area contributed by atoms with Crippen molar-refractivity contribution < 1.29 is 40.2 Å². The number of aliphatic hydroxyl groups is 6. The lowest BCUT2D eigenvalue weighted by molar-refractivity contribution is -0.126. The van der Waals surface area contributed by atoms with Gasteiger partial charge in [-0.1, -0.05) is 121 Å². The van der Waals surface area contributed by atoms with Gasteiger partial charge in [0.2, 0.25) is 23.7 Å². The molecule has 0 radical (unpaired) electrons. The summed E-state index contributed by atoms with van der Waals surface area (Å²) in [5.41, 5.74) is 13.0. The molecule has 4 fully saturated rings. The Hall–Kier alpha value is -8.85. The summed E-state index contributed by atoms with van der Waals surface area (Å²) in [4.78, 5) is 63.4. The molecule has 4 aliphatic rings. The van der Waals surface area contributed by atoms with Crippen LogP contribution in [0.5, 0.6) is 0 Å². The lowest BCUT2D eigenvalue weighted by Crippen LogP contribution is -2.44. The fourth-order valence-electron chi connectivity index (χ4n) is 12.7. The number of nitrogens with two attached hydrogens (primary N) is 1. The number of nitrogens with zero attached hydrogens (tertiary/aromatic N) is 11. The lowest BCUT2D eigenvalue weighted by atomic mass is 9.91. The van der Waals surface area contributed by atoms with Gasteiger partial charge in [-0.3, -0.25) is 9.59 Å². The van der Waals surface area contributed by atoms with Gasteiger partial charge in [-0.05, 0) is 47.9 Å². The highest BCUT2D eigenvalue weighted by Gasteiger charge is 2.45. The SMILES string of the molecule is NC(=N[C@@H]1CCN(c2nc(NCC(c3ccccc3)c3ccccc3)c3ncn([C@@H]4C[C@H](NC(=O)CO)[C@@H](O)[C@H]4O)c3n2)C1)N[C@@H]1CCN(c2nc(NCC(c3ccccc3)c3ccccc3)c3ncn([C@@H]4C[C@H](NC(=O)CO)[C@@H](O)[C@H]4O)c3n2)C1. The van der Waals surface area contributed by atoms with E-state index in [0.29, 0.717) is 98.0 Å². The summed E-state index contributed by atoms with van der Waals surface area (Å²) in [7, 11) is 0. The van der Waals surface area contributed by atoms with E-state index in [0.717, 1.165) is 22.3 Å². The van der Waals surface area contributed by atoms with E-state index >= 15 is 0 Å². The Labute approximate surface area is 495 Å². The summed E-state index contributed by atoms with van der Waals surface area (Å²) in [5, 5.41) is 79.7. The zero-order valence-corrected chi connectivity index (χ0v) is 47.1. The molecule has 0 bridgehead atoms. The molecule has 86 heavy (non-hydrogen) atoms. The predicted octanol–water partition coefficient (Wildman–Crippen LogP) is 1.50. The average Bonchev–Trinajstić information content (AvgIpc) is 3.12. The summed E-state index contributed by atoms with van der Waals surface area (Å²) in [6, 6.07) is 37.4. The number of anilines is 4. The number of rotatable bonds is 20. The molecule has 448 valence electrons. The van der Waals surface area contributed by atoms with Crippen molar-refractivity contribution in [2.45, 2.75) is 98.2 Å². The summed E-state index contributed by atoms with van der Waals surface area (Å²) >= 11 is 0. The monoisotopic (exact) mass is 1170 g/mol. The third kappa shape index (κ3) is 12.1. The molecule has 0 spiro atoms. The maximum absolute atomic E-state index is 12.2. The number of hydrogen-bond donors (Lipinski definition) is 12. The molecule has 12 rings (SSSR count). The zero-order valence-electron chi connectivity index (χ0n) is 47.1. The van der Waals surface area contributed by atoms with Gasteiger partial charge in [-0.2, -0.15) is 19.9 Å². The van der Waals surface area contributed by atoms with E-state index in [1.807, 2.05) is 77.7 Å². The third-order valence-electron chi connectivity index (χ3n) is 17.2. The highest BCUT2D eigenvalue weighted by atomic mass is 16.3. The number of aromatic nitrogens is 8. The van der Waals surface area contributed by atoms with Crippen LogP contribution in [-0.2, 0) is 9.59 Å². The standard InChI is InChI=1S/C61H71N17O8/c62-59(67-39-21-23-75(29-39)60-71-55(63-27-41(35-13-5-1-6-14-35)36-15-7-2-8-16-36)49-57(73-60)77(33-65-49)45-25-43(51(83)53(45)85)69-47(81)31-79)68-40-22-24-76(30-40)61-72-56(64-28-42(37-17-9-3-10-18-37)38-19-11-4-12-20-38)50-58(74-61)78(34-66-50)46-26-44(52(84)54(46)86)70-48(82)32-80/h1-20,33-34,39-46,51-54,79-80,83-86H,21-32H2,(H,69,81)(H,70,82)(H3,62,67,68)(H,63,71,73)(H,64,72,74)/t39-,40-,43+,44+,45-,46-,51-,52-,53+,54+/m1/s1. The summed E-state index contributed by atoms with van der Waals surface area (Å²) in [6.07, 6.45) is -0.401. The van der Waals surface area contributed by atoms with Crippen molar-refractivity contribution in [3.8, 4) is 0 Å². The smallest absolute Gasteiger partial charge is 0.246 e. The van der Waals surface area contributed by atoms with Crippen LogP contribution in [0.15, 0.2) is 139 Å². The minimum absolute atomic E-state index is 0.0544. The van der Waals surface area contributed by atoms with E-state index in [-0.39, 0.29) is 42.7 Å². The Morgan fingerprint density at radius 1 is 0.547 bits per heavy atom. The number of nitrogens with one attached hydrogen (secondary N) is 5. The minimum Gasteiger partial charge on any atom is -0.388 e. The van der Waals surface area contributed by atoms with Crippen LogP contribution in [0.4, 0.5) is 23.5 Å². The summed E-state index contributed by atoms with van der Waals surface area (Å²) in [5.74, 6) is 0.612. The third-order valence-corrected chi connectivity index (χ3v) is 17.2. The maximum Gasteiger partial charge on any atom is 0.246 e. The fraction of sp³-hybridized carbons (Fsp3) is 0.393. The van der Waals surface area contributed by atoms with Crippen molar-refractivity contribution in [3.05, 3.63) is 156 Å². The number of carbonyl (C=O) groups excluding carboxylic acids is 2. The van der Waals surface area contributed by atoms with Crippen LogP contribution in [-0.4, -0.2) is 189 Å². The van der Waals surface area contributed by atoms with Crippen molar-refractivity contribution in [3.63, 3.8) is 0 Å². The van der Waals surface area contributed by atoms with Crippen molar-refractivity contribution in [2.75, 3.05) is 72.9 Å². The molecule has 25 heteroatoms. The molecule has 2 aliphatic heterocycles. The lowest BCUT2D eigenvalue weighted by Gasteiger charge is -2.22. The van der Waals surface area contributed by atoms with Gasteiger partial charge < -0.3 is 81.9 Å².